The predicted octanol–water partition coefficient (Wildman–Crippen LogP) is 2.79. The number of rotatable bonds is 4. The van der Waals surface area contributed by atoms with E-state index in [1.807, 2.05) is 0 Å². The predicted molar refractivity (Wildman–Crippen MR) is 74.5 cm³/mol. The summed E-state index contributed by atoms with van der Waals surface area (Å²) in [6.07, 6.45) is 3.90. The Labute approximate surface area is 110 Å². The Hall–Kier alpha value is -1.15. The van der Waals surface area contributed by atoms with Gasteiger partial charge in [0, 0.05) is 12.3 Å². The zero-order valence-corrected chi connectivity index (χ0v) is 11.4. The van der Waals surface area contributed by atoms with Gasteiger partial charge in [0.1, 0.15) is 5.78 Å². The minimum absolute atomic E-state index is 0.203. The fourth-order valence-electron chi connectivity index (χ4n) is 3.18. The van der Waals surface area contributed by atoms with Crippen LogP contribution in [0.15, 0.2) is 18.2 Å². The molecule has 0 saturated heterocycles. The summed E-state index contributed by atoms with van der Waals surface area (Å²) in [5, 5.41) is 0. The van der Waals surface area contributed by atoms with Crippen LogP contribution in [-0.2, 0) is 11.2 Å². The van der Waals surface area contributed by atoms with Crippen LogP contribution in [0.1, 0.15) is 36.0 Å². The average molecular weight is 245 g/mol. The second-order valence-electron chi connectivity index (χ2n) is 5.55. The van der Waals surface area contributed by atoms with E-state index in [2.05, 4.69) is 32.0 Å². The molecule has 2 rings (SSSR count). The van der Waals surface area contributed by atoms with Gasteiger partial charge in [-0.15, -0.1) is 0 Å². The molecule has 2 N–H and O–H groups in total. The molecule has 0 aromatic heterocycles. The van der Waals surface area contributed by atoms with Gasteiger partial charge in [-0.25, -0.2) is 0 Å². The maximum atomic E-state index is 12.4. The molecule has 1 aliphatic rings. The van der Waals surface area contributed by atoms with E-state index in [1.165, 1.54) is 16.7 Å². The van der Waals surface area contributed by atoms with Crippen LogP contribution in [0, 0.1) is 25.7 Å². The van der Waals surface area contributed by atoms with Crippen molar-refractivity contribution in [1.29, 1.82) is 0 Å². The second kappa shape index (κ2) is 5.66. The lowest BCUT2D eigenvalue weighted by atomic mass is 9.87. The zero-order valence-electron chi connectivity index (χ0n) is 11.4. The largest absolute Gasteiger partial charge is 0.330 e. The number of aryl methyl sites for hydroxylation is 2. The summed E-state index contributed by atoms with van der Waals surface area (Å²) in [5.74, 6) is 1.01. The summed E-state index contributed by atoms with van der Waals surface area (Å²) in [7, 11) is 0. The smallest absolute Gasteiger partial charge is 0.140 e. The molecule has 0 spiro atoms. The third-order valence-corrected chi connectivity index (χ3v) is 4.37. The van der Waals surface area contributed by atoms with Gasteiger partial charge in [0.15, 0.2) is 0 Å². The molecule has 0 heterocycles. The van der Waals surface area contributed by atoms with Gasteiger partial charge in [-0.2, -0.15) is 0 Å². The Kier molecular flexibility index (Phi) is 4.18. The molecule has 2 heteroatoms. The molecular formula is C16H23NO. The number of hydrogen-bond donors (Lipinski definition) is 1. The highest BCUT2D eigenvalue weighted by Gasteiger charge is 2.31. The van der Waals surface area contributed by atoms with Gasteiger partial charge in [-0.3, -0.25) is 4.79 Å². The van der Waals surface area contributed by atoms with E-state index >= 15 is 0 Å². The lowest BCUT2D eigenvalue weighted by molar-refractivity contribution is -0.123. The minimum Gasteiger partial charge on any atom is -0.330 e. The lowest BCUT2D eigenvalue weighted by Crippen LogP contribution is -2.26. The van der Waals surface area contributed by atoms with Crippen molar-refractivity contribution in [1.82, 2.24) is 0 Å². The number of carbonyl (C=O) groups is 1. The van der Waals surface area contributed by atoms with Crippen molar-refractivity contribution in [2.24, 2.45) is 17.6 Å². The number of carbonyl (C=O) groups excluding carboxylic acids is 1. The van der Waals surface area contributed by atoms with Crippen molar-refractivity contribution in [2.75, 3.05) is 6.54 Å². The summed E-state index contributed by atoms with van der Waals surface area (Å²) < 4.78 is 0. The maximum absolute atomic E-state index is 12.4. The van der Waals surface area contributed by atoms with E-state index in [1.54, 1.807) is 0 Å². The SMILES string of the molecule is Cc1cccc(C)c1CC(=O)C1CCCC1CN. The van der Waals surface area contributed by atoms with Crippen molar-refractivity contribution in [3.05, 3.63) is 34.9 Å². The van der Waals surface area contributed by atoms with Gasteiger partial charge < -0.3 is 5.73 Å². The molecule has 1 fully saturated rings. The Bertz CT molecular complexity index is 418. The molecule has 98 valence electrons. The molecule has 2 nitrogen and oxygen atoms in total. The molecule has 0 amide bonds. The van der Waals surface area contributed by atoms with Crippen LogP contribution in [0.5, 0.6) is 0 Å². The van der Waals surface area contributed by atoms with Crippen LogP contribution in [0.3, 0.4) is 0 Å². The van der Waals surface area contributed by atoms with E-state index in [9.17, 15) is 4.79 Å². The van der Waals surface area contributed by atoms with Crippen molar-refractivity contribution in [3.63, 3.8) is 0 Å². The van der Waals surface area contributed by atoms with Crippen LogP contribution < -0.4 is 5.73 Å². The third-order valence-electron chi connectivity index (χ3n) is 4.37. The number of nitrogens with two attached hydrogens (primary N) is 1. The first-order chi connectivity index (χ1) is 8.63. The topological polar surface area (TPSA) is 43.1 Å². The molecule has 1 saturated carbocycles. The van der Waals surface area contributed by atoms with Gasteiger partial charge in [0.05, 0.1) is 0 Å². The van der Waals surface area contributed by atoms with Crippen molar-refractivity contribution in [3.8, 4) is 0 Å². The van der Waals surface area contributed by atoms with Crippen molar-refractivity contribution < 1.29 is 4.79 Å². The Morgan fingerprint density at radius 2 is 1.94 bits per heavy atom. The number of benzene rings is 1. The molecule has 1 aromatic carbocycles. The third kappa shape index (κ3) is 2.64. The highest BCUT2D eigenvalue weighted by molar-refractivity contribution is 5.84. The molecule has 2 unspecified atom stereocenters. The first kappa shape index (κ1) is 13.3. The molecule has 0 bridgehead atoms. The monoisotopic (exact) mass is 245 g/mol. The van der Waals surface area contributed by atoms with Crippen LogP contribution in [-0.4, -0.2) is 12.3 Å². The minimum atomic E-state index is 0.203. The zero-order chi connectivity index (χ0) is 13.1. The summed E-state index contributed by atoms with van der Waals surface area (Å²) in [4.78, 5) is 12.4. The van der Waals surface area contributed by atoms with Gasteiger partial charge in [-0.1, -0.05) is 24.6 Å². The van der Waals surface area contributed by atoms with E-state index < -0.39 is 0 Å². The lowest BCUT2D eigenvalue weighted by Gasteiger charge is -2.18. The van der Waals surface area contributed by atoms with Crippen molar-refractivity contribution >= 4 is 5.78 Å². The van der Waals surface area contributed by atoms with Gasteiger partial charge >= 0.3 is 0 Å². The summed E-state index contributed by atoms with van der Waals surface area (Å²) in [5.41, 5.74) is 9.43. The highest BCUT2D eigenvalue weighted by atomic mass is 16.1. The van der Waals surface area contributed by atoms with E-state index in [0.29, 0.717) is 24.7 Å². The Morgan fingerprint density at radius 1 is 1.28 bits per heavy atom. The molecule has 0 aliphatic heterocycles. The fourth-order valence-corrected chi connectivity index (χ4v) is 3.18. The first-order valence-corrected chi connectivity index (χ1v) is 6.91. The van der Waals surface area contributed by atoms with E-state index in [0.717, 1.165) is 19.3 Å². The molecule has 0 radical (unpaired) electrons. The molecular weight excluding hydrogens is 222 g/mol. The van der Waals surface area contributed by atoms with Gasteiger partial charge in [-0.05, 0) is 55.8 Å². The summed E-state index contributed by atoms with van der Waals surface area (Å²) in [6, 6.07) is 6.23. The summed E-state index contributed by atoms with van der Waals surface area (Å²) >= 11 is 0. The maximum Gasteiger partial charge on any atom is 0.140 e. The molecule has 18 heavy (non-hydrogen) atoms. The van der Waals surface area contributed by atoms with Crippen LogP contribution in [0.4, 0.5) is 0 Å². The van der Waals surface area contributed by atoms with E-state index in [4.69, 9.17) is 5.73 Å². The van der Waals surface area contributed by atoms with Crippen LogP contribution in [0.2, 0.25) is 0 Å². The average Bonchev–Trinajstić information content (AvgIpc) is 2.82. The van der Waals surface area contributed by atoms with E-state index in [-0.39, 0.29) is 5.92 Å². The fraction of sp³-hybridized carbons (Fsp3) is 0.562. The number of hydrogen-bond acceptors (Lipinski definition) is 2. The normalized spacial score (nSPS) is 23.3. The Morgan fingerprint density at radius 3 is 2.56 bits per heavy atom. The summed E-state index contributed by atoms with van der Waals surface area (Å²) in [6.45, 7) is 4.83. The van der Waals surface area contributed by atoms with Crippen molar-refractivity contribution in [2.45, 2.75) is 39.5 Å². The van der Waals surface area contributed by atoms with Gasteiger partial charge in [0.2, 0.25) is 0 Å². The van der Waals surface area contributed by atoms with Crippen LogP contribution >= 0.6 is 0 Å². The first-order valence-electron chi connectivity index (χ1n) is 6.91. The highest BCUT2D eigenvalue weighted by Crippen LogP contribution is 2.32. The molecule has 2 atom stereocenters. The molecule has 1 aliphatic carbocycles. The molecule has 1 aromatic rings. The van der Waals surface area contributed by atoms with Crippen LogP contribution in [0.25, 0.3) is 0 Å². The number of ketones is 1. The standard InChI is InChI=1S/C16H23NO/c1-11-5-3-6-12(2)15(11)9-16(18)14-8-4-7-13(14)10-17/h3,5-6,13-14H,4,7-10,17H2,1-2H3. The quantitative estimate of drug-likeness (QED) is 0.886. The Balaban J connectivity index is 2.12. The van der Waals surface area contributed by atoms with Gasteiger partial charge in [0.25, 0.3) is 0 Å². The number of Topliss-reactive ketones (excluding diaryl/α,β-unsaturated/α-hetero) is 1. The second-order valence-corrected chi connectivity index (χ2v) is 5.55.